The second kappa shape index (κ2) is 6.30. The zero-order valence-electron chi connectivity index (χ0n) is 14.3. The van der Waals surface area contributed by atoms with E-state index in [1.807, 2.05) is 17.0 Å². The van der Waals surface area contributed by atoms with Gasteiger partial charge in [-0.1, -0.05) is 18.2 Å². The molecule has 4 nitrogen and oxygen atoms in total. The third-order valence-corrected chi connectivity index (χ3v) is 5.11. The van der Waals surface area contributed by atoms with Crippen molar-refractivity contribution in [1.29, 1.82) is 0 Å². The molecule has 1 saturated heterocycles. The fourth-order valence-electron chi connectivity index (χ4n) is 3.90. The lowest BCUT2D eigenvalue weighted by Gasteiger charge is -2.33. The molecule has 0 atom stereocenters. The van der Waals surface area contributed by atoms with Gasteiger partial charge in [0, 0.05) is 35.8 Å². The minimum Gasteiger partial charge on any atom is -0.358 e. The number of nitrogens with one attached hydrogen (secondary N) is 1. The highest BCUT2D eigenvalue weighted by atomic mass is 19.4. The smallest absolute Gasteiger partial charge is 0.358 e. The van der Waals surface area contributed by atoms with Crippen LogP contribution in [-0.2, 0) is 6.18 Å². The maximum Gasteiger partial charge on any atom is 0.433 e. The van der Waals surface area contributed by atoms with Crippen molar-refractivity contribution in [2.45, 2.75) is 31.9 Å². The Morgan fingerprint density at radius 2 is 1.85 bits per heavy atom. The van der Waals surface area contributed by atoms with Gasteiger partial charge in [-0.3, -0.25) is 0 Å². The number of H-pyrrole nitrogens is 1. The van der Waals surface area contributed by atoms with Crippen LogP contribution < -0.4 is 4.90 Å². The Kier molecular flexibility index (Phi) is 4.09. The fourth-order valence-corrected chi connectivity index (χ4v) is 3.90. The number of anilines is 1. The van der Waals surface area contributed by atoms with Gasteiger partial charge in [-0.05, 0) is 37.3 Å². The Balaban J connectivity index is 1.53. The quantitative estimate of drug-likeness (QED) is 0.722. The van der Waals surface area contributed by atoms with E-state index in [0.29, 0.717) is 24.8 Å². The average molecular weight is 360 g/mol. The lowest BCUT2D eigenvalue weighted by Crippen LogP contribution is -2.34. The number of hydrogen-bond donors (Lipinski definition) is 1. The number of nitrogens with zero attached hydrogens (tertiary/aromatic N) is 3. The molecule has 136 valence electrons. The predicted molar refractivity (Wildman–Crippen MR) is 94.3 cm³/mol. The van der Waals surface area contributed by atoms with Gasteiger partial charge in [0.05, 0.1) is 0 Å². The first kappa shape index (κ1) is 16.9. The molecule has 3 heterocycles. The molecule has 3 aromatic rings. The van der Waals surface area contributed by atoms with Crippen LogP contribution in [0, 0.1) is 6.92 Å². The molecule has 2 aromatic heterocycles. The summed E-state index contributed by atoms with van der Waals surface area (Å²) >= 11 is 0. The number of hydrogen-bond acceptors (Lipinski definition) is 3. The highest BCUT2D eigenvalue weighted by Crippen LogP contribution is 2.37. The molecule has 1 aromatic carbocycles. The zero-order chi connectivity index (χ0) is 18.3. The summed E-state index contributed by atoms with van der Waals surface area (Å²) in [6, 6.07) is 9.28. The molecule has 0 spiro atoms. The Morgan fingerprint density at radius 1 is 1.12 bits per heavy atom. The monoisotopic (exact) mass is 360 g/mol. The number of rotatable bonds is 2. The third-order valence-electron chi connectivity index (χ3n) is 5.11. The van der Waals surface area contributed by atoms with E-state index in [1.54, 1.807) is 0 Å². The topological polar surface area (TPSA) is 44.8 Å². The zero-order valence-corrected chi connectivity index (χ0v) is 14.3. The van der Waals surface area contributed by atoms with Gasteiger partial charge >= 0.3 is 6.18 Å². The summed E-state index contributed by atoms with van der Waals surface area (Å²) in [7, 11) is 0. The van der Waals surface area contributed by atoms with Gasteiger partial charge in [-0.25, -0.2) is 9.97 Å². The van der Waals surface area contributed by atoms with Gasteiger partial charge in [-0.2, -0.15) is 13.2 Å². The molecule has 7 heteroatoms. The molecular weight excluding hydrogens is 341 g/mol. The van der Waals surface area contributed by atoms with Crippen molar-refractivity contribution >= 4 is 16.7 Å². The van der Waals surface area contributed by atoms with Crippen LogP contribution in [0.1, 0.15) is 35.7 Å². The molecule has 0 radical (unpaired) electrons. The summed E-state index contributed by atoms with van der Waals surface area (Å²) in [5.74, 6) is 0.743. The largest absolute Gasteiger partial charge is 0.433 e. The second-order valence-corrected chi connectivity index (χ2v) is 6.73. The van der Waals surface area contributed by atoms with Gasteiger partial charge in [0.1, 0.15) is 17.8 Å². The Labute approximate surface area is 149 Å². The minimum atomic E-state index is -4.45. The fraction of sp³-hybridized carbons (Fsp3) is 0.368. The number of para-hydroxylation sites is 1. The van der Waals surface area contributed by atoms with E-state index in [1.165, 1.54) is 16.6 Å². The van der Waals surface area contributed by atoms with Crippen LogP contribution in [0.5, 0.6) is 0 Å². The average Bonchev–Trinajstić information content (AvgIpc) is 2.97. The van der Waals surface area contributed by atoms with Gasteiger partial charge < -0.3 is 9.88 Å². The van der Waals surface area contributed by atoms with E-state index in [0.717, 1.165) is 30.8 Å². The highest BCUT2D eigenvalue weighted by molar-refractivity contribution is 5.85. The summed E-state index contributed by atoms with van der Waals surface area (Å²) < 4.78 is 38.6. The normalized spacial score (nSPS) is 16.4. The van der Waals surface area contributed by atoms with Crippen LogP contribution >= 0.6 is 0 Å². The van der Waals surface area contributed by atoms with Crippen LogP contribution in [0.3, 0.4) is 0 Å². The van der Waals surface area contributed by atoms with Crippen molar-refractivity contribution in [3.63, 3.8) is 0 Å². The van der Waals surface area contributed by atoms with Gasteiger partial charge in [0.2, 0.25) is 0 Å². The molecule has 1 aliphatic heterocycles. The Morgan fingerprint density at radius 3 is 2.58 bits per heavy atom. The minimum absolute atomic E-state index is 0.349. The molecule has 0 unspecified atom stereocenters. The van der Waals surface area contributed by atoms with Crippen molar-refractivity contribution in [3.8, 4) is 0 Å². The second-order valence-electron chi connectivity index (χ2n) is 6.73. The van der Waals surface area contributed by atoms with E-state index < -0.39 is 11.9 Å². The van der Waals surface area contributed by atoms with Crippen molar-refractivity contribution in [2.24, 2.45) is 0 Å². The molecule has 4 rings (SSSR count). The van der Waals surface area contributed by atoms with Crippen LogP contribution in [0.15, 0.2) is 36.7 Å². The highest BCUT2D eigenvalue weighted by Gasteiger charge is 2.34. The Hall–Kier alpha value is -2.57. The van der Waals surface area contributed by atoms with Gasteiger partial charge in [0.15, 0.2) is 0 Å². The number of aromatic amines is 1. The van der Waals surface area contributed by atoms with Crippen molar-refractivity contribution < 1.29 is 13.2 Å². The van der Waals surface area contributed by atoms with E-state index in [9.17, 15) is 13.2 Å². The van der Waals surface area contributed by atoms with E-state index in [4.69, 9.17) is 0 Å². The molecule has 26 heavy (non-hydrogen) atoms. The van der Waals surface area contributed by atoms with E-state index in [2.05, 4.69) is 34.0 Å². The van der Waals surface area contributed by atoms with Crippen LogP contribution in [0.4, 0.5) is 19.0 Å². The number of benzene rings is 1. The van der Waals surface area contributed by atoms with E-state index in [-0.39, 0.29) is 0 Å². The number of fused-ring (bicyclic) bond motifs is 1. The maximum absolute atomic E-state index is 12.9. The van der Waals surface area contributed by atoms with Crippen LogP contribution in [0.25, 0.3) is 10.9 Å². The van der Waals surface area contributed by atoms with Crippen molar-refractivity contribution in [1.82, 2.24) is 15.0 Å². The molecule has 1 N–H and O–H groups in total. The van der Waals surface area contributed by atoms with Gasteiger partial charge in [0.25, 0.3) is 0 Å². The molecule has 0 aliphatic carbocycles. The molecular formula is C19H19F3N4. The Bertz CT molecular complexity index is 924. The summed E-state index contributed by atoms with van der Waals surface area (Å²) in [6.45, 7) is 3.44. The summed E-state index contributed by atoms with van der Waals surface area (Å²) in [5, 5.41) is 1.24. The lowest BCUT2D eigenvalue weighted by atomic mass is 9.87. The van der Waals surface area contributed by atoms with Crippen LogP contribution in [-0.4, -0.2) is 28.0 Å². The first-order valence-electron chi connectivity index (χ1n) is 8.65. The molecule has 0 amide bonds. The SMILES string of the molecule is Cc1[nH]c2ccccc2c1C1CCN(c2cc(C(F)(F)F)ncn2)CC1. The number of piperidine rings is 1. The van der Waals surface area contributed by atoms with E-state index >= 15 is 0 Å². The summed E-state index contributed by atoms with van der Waals surface area (Å²) in [4.78, 5) is 12.7. The van der Waals surface area contributed by atoms with Crippen molar-refractivity contribution in [2.75, 3.05) is 18.0 Å². The molecule has 0 bridgehead atoms. The molecule has 1 aliphatic rings. The number of alkyl halides is 3. The number of aryl methyl sites for hydroxylation is 1. The van der Waals surface area contributed by atoms with Crippen LogP contribution in [0.2, 0.25) is 0 Å². The standard InChI is InChI=1S/C19H19F3N4/c1-12-18(14-4-2-3-5-15(14)25-12)13-6-8-26(9-7-13)17-10-16(19(20,21)22)23-11-24-17/h2-5,10-11,13,25H,6-9H2,1H3. The first-order chi connectivity index (χ1) is 12.4. The summed E-state index contributed by atoms with van der Waals surface area (Å²) in [5.41, 5.74) is 2.75. The first-order valence-corrected chi connectivity index (χ1v) is 8.65. The number of aromatic nitrogens is 3. The number of halogens is 3. The predicted octanol–water partition coefficient (Wildman–Crippen LogP) is 4.67. The summed E-state index contributed by atoms with van der Waals surface area (Å²) in [6.07, 6.45) is -1.69. The maximum atomic E-state index is 12.9. The molecule has 1 fully saturated rings. The molecule has 0 saturated carbocycles. The third kappa shape index (κ3) is 3.02. The lowest BCUT2D eigenvalue weighted by molar-refractivity contribution is -0.141. The van der Waals surface area contributed by atoms with Crippen molar-refractivity contribution in [3.05, 3.63) is 53.6 Å². The van der Waals surface area contributed by atoms with Gasteiger partial charge in [-0.15, -0.1) is 0 Å².